The molecule has 0 N–H and O–H groups in total. The van der Waals surface area contributed by atoms with Crippen LogP contribution in [0.4, 0.5) is 5.95 Å². The summed E-state index contributed by atoms with van der Waals surface area (Å²) >= 11 is 0. The maximum absolute atomic E-state index is 5.47. The van der Waals surface area contributed by atoms with Crippen molar-refractivity contribution < 1.29 is 9.26 Å². The van der Waals surface area contributed by atoms with Crippen molar-refractivity contribution in [1.29, 1.82) is 0 Å². The minimum absolute atomic E-state index is 0.137. The van der Waals surface area contributed by atoms with Crippen LogP contribution in [0.3, 0.4) is 0 Å². The molecule has 1 aliphatic carbocycles. The van der Waals surface area contributed by atoms with E-state index in [1.807, 2.05) is 0 Å². The standard InChI is InChI=1S/C16H22N6O2/c1-11(15-19-14(20-24-15)12-3-4-12)21-7-9-22(10-8-21)16-17-6-5-13(18-16)23-2/h5-6,11-12H,3-4,7-10H2,1-2H3/t11-/m0/s1. The Morgan fingerprint density at radius 2 is 2.00 bits per heavy atom. The molecular weight excluding hydrogens is 308 g/mol. The topological polar surface area (TPSA) is 80.4 Å². The highest BCUT2D eigenvalue weighted by Crippen LogP contribution is 2.38. The fraction of sp³-hybridized carbons (Fsp3) is 0.625. The highest BCUT2D eigenvalue weighted by atomic mass is 16.5. The number of nitrogens with zero attached hydrogens (tertiary/aromatic N) is 6. The van der Waals surface area contributed by atoms with E-state index in [9.17, 15) is 0 Å². The van der Waals surface area contributed by atoms with Crippen molar-refractivity contribution in [2.75, 3.05) is 38.2 Å². The Morgan fingerprint density at radius 1 is 1.21 bits per heavy atom. The van der Waals surface area contributed by atoms with Gasteiger partial charge < -0.3 is 14.2 Å². The van der Waals surface area contributed by atoms with Gasteiger partial charge >= 0.3 is 0 Å². The third-order valence-electron chi connectivity index (χ3n) is 4.73. The molecule has 0 bridgehead atoms. The molecule has 8 nitrogen and oxygen atoms in total. The Balaban J connectivity index is 1.37. The minimum Gasteiger partial charge on any atom is -0.481 e. The van der Waals surface area contributed by atoms with Crippen molar-refractivity contribution in [3.8, 4) is 5.88 Å². The van der Waals surface area contributed by atoms with Crippen LogP contribution in [-0.2, 0) is 0 Å². The molecule has 1 saturated carbocycles. The van der Waals surface area contributed by atoms with E-state index in [0.29, 0.717) is 11.8 Å². The van der Waals surface area contributed by atoms with Crippen molar-refractivity contribution in [3.63, 3.8) is 0 Å². The first-order valence-electron chi connectivity index (χ1n) is 8.44. The lowest BCUT2D eigenvalue weighted by molar-refractivity contribution is 0.163. The number of anilines is 1. The monoisotopic (exact) mass is 330 g/mol. The summed E-state index contributed by atoms with van der Waals surface area (Å²) in [6.45, 7) is 5.66. The maximum atomic E-state index is 5.47. The molecule has 8 heteroatoms. The van der Waals surface area contributed by atoms with Crippen LogP contribution >= 0.6 is 0 Å². The summed E-state index contributed by atoms with van der Waals surface area (Å²) in [7, 11) is 1.62. The molecule has 2 fully saturated rings. The summed E-state index contributed by atoms with van der Waals surface area (Å²) in [5.74, 6) is 3.43. The molecule has 1 atom stereocenters. The van der Waals surface area contributed by atoms with Gasteiger partial charge in [-0.3, -0.25) is 4.90 Å². The molecule has 128 valence electrons. The Bertz CT molecular complexity index is 693. The number of ether oxygens (including phenoxy) is 1. The number of piperazine rings is 1. The van der Waals surface area contributed by atoms with E-state index in [0.717, 1.165) is 43.8 Å². The molecule has 0 aromatic carbocycles. The lowest BCUT2D eigenvalue weighted by Gasteiger charge is -2.36. The first kappa shape index (κ1) is 15.3. The average Bonchev–Trinajstić information content (AvgIpc) is 3.38. The number of rotatable bonds is 5. The van der Waals surface area contributed by atoms with Crippen molar-refractivity contribution in [2.24, 2.45) is 0 Å². The Kier molecular flexibility index (Phi) is 4.05. The van der Waals surface area contributed by atoms with E-state index in [-0.39, 0.29) is 6.04 Å². The van der Waals surface area contributed by atoms with E-state index in [1.54, 1.807) is 19.4 Å². The first-order chi connectivity index (χ1) is 11.7. The largest absolute Gasteiger partial charge is 0.481 e. The van der Waals surface area contributed by atoms with Gasteiger partial charge in [0.05, 0.1) is 13.2 Å². The van der Waals surface area contributed by atoms with Crippen LogP contribution in [-0.4, -0.2) is 58.3 Å². The summed E-state index contributed by atoms with van der Waals surface area (Å²) in [6, 6.07) is 1.90. The van der Waals surface area contributed by atoms with Gasteiger partial charge in [-0.25, -0.2) is 4.98 Å². The molecule has 24 heavy (non-hydrogen) atoms. The fourth-order valence-electron chi connectivity index (χ4n) is 2.99. The average molecular weight is 330 g/mol. The quantitative estimate of drug-likeness (QED) is 0.818. The van der Waals surface area contributed by atoms with E-state index >= 15 is 0 Å². The maximum Gasteiger partial charge on any atom is 0.243 e. The highest BCUT2D eigenvalue weighted by Gasteiger charge is 2.31. The lowest BCUT2D eigenvalue weighted by Crippen LogP contribution is -2.47. The zero-order valence-electron chi connectivity index (χ0n) is 14.1. The van der Waals surface area contributed by atoms with Gasteiger partial charge in [-0.05, 0) is 19.8 Å². The molecule has 1 saturated heterocycles. The smallest absolute Gasteiger partial charge is 0.243 e. The molecule has 2 aliphatic rings. The predicted molar refractivity (Wildman–Crippen MR) is 87.1 cm³/mol. The normalized spacial score (nSPS) is 20.2. The second-order valence-electron chi connectivity index (χ2n) is 6.36. The fourth-order valence-corrected chi connectivity index (χ4v) is 2.99. The van der Waals surface area contributed by atoms with Gasteiger partial charge in [-0.1, -0.05) is 5.16 Å². The van der Waals surface area contributed by atoms with Gasteiger partial charge in [-0.2, -0.15) is 9.97 Å². The van der Waals surface area contributed by atoms with Crippen LogP contribution in [0.1, 0.15) is 43.4 Å². The van der Waals surface area contributed by atoms with Crippen molar-refractivity contribution in [3.05, 3.63) is 24.0 Å². The Morgan fingerprint density at radius 3 is 2.71 bits per heavy atom. The van der Waals surface area contributed by atoms with E-state index in [1.165, 1.54) is 12.8 Å². The molecule has 2 aromatic heterocycles. The third-order valence-corrected chi connectivity index (χ3v) is 4.73. The molecule has 4 rings (SSSR count). The molecule has 2 aromatic rings. The molecule has 0 amide bonds. The van der Waals surface area contributed by atoms with Gasteiger partial charge in [-0.15, -0.1) is 0 Å². The van der Waals surface area contributed by atoms with Crippen molar-refractivity contribution in [2.45, 2.75) is 31.7 Å². The minimum atomic E-state index is 0.137. The number of hydrogen-bond donors (Lipinski definition) is 0. The molecular formula is C16H22N6O2. The summed E-state index contributed by atoms with van der Waals surface area (Å²) in [5, 5.41) is 4.12. The summed E-state index contributed by atoms with van der Waals surface area (Å²) in [4.78, 5) is 17.9. The molecule has 3 heterocycles. The van der Waals surface area contributed by atoms with Crippen LogP contribution in [0.15, 0.2) is 16.8 Å². The molecule has 0 spiro atoms. The van der Waals surface area contributed by atoms with Crippen LogP contribution in [0.25, 0.3) is 0 Å². The summed E-state index contributed by atoms with van der Waals surface area (Å²) in [6.07, 6.45) is 4.10. The van der Waals surface area contributed by atoms with Gasteiger partial charge in [0, 0.05) is 44.4 Å². The lowest BCUT2D eigenvalue weighted by atomic mass is 10.2. The zero-order valence-corrected chi connectivity index (χ0v) is 14.1. The van der Waals surface area contributed by atoms with Crippen molar-refractivity contribution in [1.82, 2.24) is 25.0 Å². The first-order valence-corrected chi connectivity index (χ1v) is 8.44. The van der Waals surface area contributed by atoms with E-state index in [2.05, 4.69) is 36.8 Å². The molecule has 0 radical (unpaired) electrons. The van der Waals surface area contributed by atoms with Crippen LogP contribution in [0.5, 0.6) is 5.88 Å². The van der Waals surface area contributed by atoms with E-state index in [4.69, 9.17) is 9.26 Å². The van der Waals surface area contributed by atoms with Gasteiger partial charge in [0.25, 0.3) is 0 Å². The van der Waals surface area contributed by atoms with Crippen LogP contribution < -0.4 is 9.64 Å². The van der Waals surface area contributed by atoms with Crippen LogP contribution in [0.2, 0.25) is 0 Å². The number of methoxy groups -OCH3 is 1. The number of hydrogen-bond acceptors (Lipinski definition) is 8. The molecule has 0 unspecified atom stereocenters. The van der Waals surface area contributed by atoms with Gasteiger partial charge in [0.2, 0.25) is 17.7 Å². The Labute approximate surface area is 140 Å². The number of aromatic nitrogens is 4. The van der Waals surface area contributed by atoms with Crippen molar-refractivity contribution >= 4 is 5.95 Å². The SMILES string of the molecule is COc1ccnc(N2CCN([C@@H](C)c3nc(C4CC4)no3)CC2)n1. The highest BCUT2D eigenvalue weighted by molar-refractivity contribution is 5.32. The molecule has 1 aliphatic heterocycles. The third kappa shape index (κ3) is 3.06. The summed E-state index contributed by atoms with van der Waals surface area (Å²) < 4.78 is 10.6. The Hall–Kier alpha value is -2.22. The second kappa shape index (κ2) is 6.35. The van der Waals surface area contributed by atoms with E-state index < -0.39 is 0 Å². The predicted octanol–water partition coefficient (Wildman–Crippen LogP) is 1.63. The zero-order chi connectivity index (χ0) is 16.5. The van der Waals surface area contributed by atoms with Gasteiger partial charge in [0.1, 0.15) is 0 Å². The van der Waals surface area contributed by atoms with Crippen LogP contribution in [0, 0.1) is 0 Å². The summed E-state index contributed by atoms with van der Waals surface area (Å²) in [5.41, 5.74) is 0. The second-order valence-corrected chi connectivity index (χ2v) is 6.36. The van der Waals surface area contributed by atoms with Gasteiger partial charge in [0.15, 0.2) is 5.82 Å².